The number of aryl methyl sites for hydroxylation is 1. The second kappa shape index (κ2) is 5.71. The fraction of sp³-hybridized carbons (Fsp3) is 0.0714. The minimum absolute atomic E-state index is 0.0217. The zero-order valence-electron chi connectivity index (χ0n) is 10.6. The highest BCUT2D eigenvalue weighted by molar-refractivity contribution is 6.31. The molecule has 6 heteroatoms. The van der Waals surface area contributed by atoms with E-state index in [0.717, 1.165) is 5.56 Å². The molecule has 0 saturated heterocycles. The van der Waals surface area contributed by atoms with E-state index >= 15 is 0 Å². The number of hydrogen-bond donors (Lipinski definition) is 2. The standard InChI is InChI=1S/C14H11ClN2O3/c1-8-2-3-9(6-11(8)15)13(18)17-12-7-16-5-4-10(12)14(19)20/h2-7H,1H3,(H,17,18)(H,19,20). The van der Waals surface area contributed by atoms with Gasteiger partial charge in [0, 0.05) is 16.8 Å². The van der Waals surface area contributed by atoms with Crippen LogP contribution in [-0.4, -0.2) is 22.0 Å². The number of rotatable bonds is 3. The summed E-state index contributed by atoms with van der Waals surface area (Å²) < 4.78 is 0. The first kappa shape index (κ1) is 14.0. The third-order valence-electron chi connectivity index (χ3n) is 2.73. The molecule has 2 aromatic rings. The maximum Gasteiger partial charge on any atom is 0.337 e. The predicted octanol–water partition coefficient (Wildman–Crippen LogP) is 2.99. The number of carboxylic acid groups (broad SMARTS) is 1. The van der Waals surface area contributed by atoms with Gasteiger partial charge < -0.3 is 10.4 Å². The van der Waals surface area contributed by atoms with Crippen LogP contribution in [0.4, 0.5) is 5.69 Å². The number of amides is 1. The van der Waals surface area contributed by atoms with Crippen molar-refractivity contribution in [3.63, 3.8) is 0 Å². The molecule has 2 rings (SSSR count). The Morgan fingerprint density at radius 2 is 2.05 bits per heavy atom. The Bertz CT molecular complexity index is 686. The third kappa shape index (κ3) is 2.95. The van der Waals surface area contributed by atoms with Gasteiger partial charge in [-0.2, -0.15) is 0 Å². The highest BCUT2D eigenvalue weighted by Gasteiger charge is 2.14. The van der Waals surface area contributed by atoms with Crippen molar-refractivity contribution in [3.05, 3.63) is 58.4 Å². The maximum atomic E-state index is 12.1. The molecule has 1 amide bonds. The lowest BCUT2D eigenvalue weighted by Gasteiger charge is -2.08. The first-order valence-corrected chi connectivity index (χ1v) is 6.11. The molecule has 0 bridgehead atoms. The predicted molar refractivity (Wildman–Crippen MR) is 75.3 cm³/mol. The number of anilines is 1. The molecule has 102 valence electrons. The van der Waals surface area contributed by atoms with Gasteiger partial charge in [-0.05, 0) is 30.7 Å². The summed E-state index contributed by atoms with van der Waals surface area (Å²) in [6.07, 6.45) is 2.64. The Morgan fingerprint density at radius 3 is 2.70 bits per heavy atom. The van der Waals surface area contributed by atoms with E-state index in [9.17, 15) is 9.59 Å². The number of nitrogens with zero attached hydrogens (tertiary/aromatic N) is 1. The number of aromatic nitrogens is 1. The molecule has 0 spiro atoms. The molecule has 0 aliphatic carbocycles. The van der Waals surface area contributed by atoms with Crippen LogP contribution in [0.3, 0.4) is 0 Å². The van der Waals surface area contributed by atoms with Crippen molar-refractivity contribution >= 4 is 29.2 Å². The number of carbonyl (C=O) groups excluding carboxylic acids is 1. The first-order valence-electron chi connectivity index (χ1n) is 5.74. The lowest BCUT2D eigenvalue weighted by molar-refractivity contribution is 0.0698. The topological polar surface area (TPSA) is 79.3 Å². The Morgan fingerprint density at radius 1 is 1.30 bits per heavy atom. The third-order valence-corrected chi connectivity index (χ3v) is 3.14. The largest absolute Gasteiger partial charge is 0.478 e. The fourth-order valence-electron chi connectivity index (χ4n) is 1.61. The summed E-state index contributed by atoms with van der Waals surface area (Å²) in [4.78, 5) is 26.9. The van der Waals surface area contributed by atoms with Crippen molar-refractivity contribution in [2.45, 2.75) is 6.92 Å². The van der Waals surface area contributed by atoms with Crippen LogP contribution in [0.5, 0.6) is 0 Å². The number of nitrogens with one attached hydrogen (secondary N) is 1. The van der Waals surface area contributed by atoms with Crippen molar-refractivity contribution in [3.8, 4) is 0 Å². The van der Waals surface area contributed by atoms with Crippen molar-refractivity contribution in [2.75, 3.05) is 5.32 Å². The van der Waals surface area contributed by atoms with Gasteiger partial charge in [0.2, 0.25) is 0 Å². The van der Waals surface area contributed by atoms with Crippen LogP contribution in [0.1, 0.15) is 26.3 Å². The Kier molecular flexibility index (Phi) is 4.00. The number of benzene rings is 1. The van der Waals surface area contributed by atoms with Gasteiger partial charge in [-0.25, -0.2) is 4.79 Å². The maximum absolute atomic E-state index is 12.1. The quantitative estimate of drug-likeness (QED) is 0.911. The summed E-state index contributed by atoms with van der Waals surface area (Å²) in [7, 11) is 0. The normalized spacial score (nSPS) is 10.1. The number of carboxylic acids is 1. The Balaban J connectivity index is 2.28. The van der Waals surface area contributed by atoms with Crippen LogP contribution in [0.2, 0.25) is 5.02 Å². The van der Waals surface area contributed by atoms with Gasteiger partial charge >= 0.3 is 5.97 Å². The van der Waals surface area contributed by atoms with Gasteiger partial charge in [0.05, 0.1) is 17.4 Å². The van der Waals surface area contributed by atoms with E-state index < -0.39 is 11.9 Å². The van der Waals surface area contributed by atoms with Crippen LogP contribution in [0.15, 0.2) is 36.7 Å². The zero-order chi connectivity index (χ0) is 14.7. The molecule has 2 N–H and O–H groups in total. The molecule has 0 saturated carbocycles. The first-order chi connectivity index (χ1) is 9.49. The molecule has 0 aliphatic heterocycles. The molecule has 5 nitrogen and oxygen atoms in total. The van der Waals surface area contributed by atoms with Crippen LogP contribution in [0, 0.1) is 6.92 Å². The molecule has 0 unspecified atom stereocenters. The second-order valence-corrected chi connectivity index (χ2v) is 4.55. The SMILES string of the molecule is Cc1ccc(C(=O)Nc2cnccc2C(=O)O)cc1Cl. The van der Waals surface area contributed by atoms with Crippen LogP contribution in [0.25, 0.3) is 0 Å². The monoisotopic (exact) mass is 290 g/mol. The molecule has 0 fully saturated rings. The number of hydrogen-bond acceptors (Lipinski definition) is 3. The smallest absolute Gasteiger partial charge is 0.337 e. The van der Waals surface area contributed by atoms with E-state index in [2.05, 4.69) is 10.3 Å². The number of pyridine rings is 1. The van der Waals surface area contributed by atoms with Crippen LogP contribution in [-0.2, 0) is 0 Å². The van der Waals surface area contributed by atoms with E-state index in [1.165, 1.54) is 24.5 Å². The van der Waals surface area contributed by atoms with E-state index in [1.807, 2.05) is 6.92 Å². The molecule has 20 heavy (non-hydrogen) atoms. The molecule has 1 heterocycles. The van der Waals surface area contributed by atoms with Crippen molar-refractivity contribution < 1.29 is 14.7 Å². The van der Waals surface area contributed by atoms with Gasteiger partial charge in [-0.1, -0.05) is 17.7 Å². The summed E-state index contributed by atoms with van der Waals surface area (Å²) in [6, 6.07) is 6.19. The van der Waals surface area contributed by atoms with Crippen molar-refractivity contribution in [2.24, 2.45) is 0 Å². The summed E-state index contributed by atoms with van der Waals surface area (Å²) >= 11 is 5.96. The summed E-state index contributed by atoms with van der Waals surface area (Å²) in [6.45, 7) is 1.83. The number of aromatic carboxylic acids is 1. The fourth-order valence-corrected chi connectivity index (χ4v) is 1.79. The summed E-state index contributed by atoms with van der Waals surface area (Å²) in [5.41, 5.74) is 1.32. The average molecular weight is 291 g/mol. The molecule has 1 aromatic carbocycles. The van der Waals surface area contributed by atoms with Gasteiger partial charge in [0.25, 0.3) is 5.91 Å². The molecule has 0 aliphatic rings. The Labute approximate surface area is 120 Å². The van der Waals surface area contributed by atoms with Crippen LogP contribution < -0.4 is 5.32 Å². The lowest BCUT2D eigenvalue weighted by Crippen LogP contribution is -2.15. The Hall–Kier alpha value is -2.40. The van der Waals surface area contributed by atoms with Gasteiger partial charge in [0.15, 0.2) is 0 Å². The van der Waals surface area contributed by atoms with E-state index in [4.69, 9.17) is 16.7 Å². The van der Waals surface area contributed by atoms with Gasteiger partial charge in [-0.15, -0.1) is 0 Å². The van der Waals surface area contributed by atoms with Crippen molar-refractivity contribution in [1.29, 1.82) is 0 Å². The molecule has 1 aromatic heterocycles. The highest BCUT2D eigenvalue weighted by atomic mass is 35.5. The van der Waals surface area contributed by atoms with Crippen LogP contribution >= 0.6 is 11.6 Å². The van der Waals surface area contributed by atoms with E-state index in [0.29, 0.717) is 10.6 Å². The number of carbonyl (C=O) groups is 2. The summed E-state index contributed by atoms with van der Waals surface area (Å²) in [5, 5.41) is 12.0. The lowest BCUT2D eigenvalue weighted by atomic mass is 10.1. The number of halogens is 1. The van der Waals surface area contributed by atoms with E-state index in [1.54, 1.807) is 12.1 Å². The minimum atomic E-state index is -1.13. The summed E-state index contributed by atoms with van der Waals surface area (Å²) in [5.74, 6) is -1.58. The van der Waals surface area contributed by atoms with Gasteiger partial charge in [0.1, 0.15) is 0 Å². The molecule has 0 atom stereocenters. The van der Waals surface area contributed by atoms with Gasteiger partial charge in [-0.3, -0.25) is 9.78 Å². The molecular formula is C14H11ClN2O3. The zero-order valence-corrected chi connectivity index (χ0v) is 11.3. The van der Waals surface area contributed by atoms with E-state index in [-0.39, 0.29) is 11.3 Å². The molecular weight excluding hydrogens is 280 g/mol. The highest BCUT2D eigenvalue weighted by Crippen LogP contribution is 2.19. The second-order valence-electron chi connectivity index (χ2n) is 4.14. The minimum Gasteiger partial charge on any atom is -0.478 e. The van der Waals surface area contributed by atoms with Crippen molar-refractivity contribution in [1.82, 2.24) is 4.98 Å². The molecule has 0 radical (unpaired) electrons. The average Bonchev–Trinajstić information content (AvgIpc) is 2.42.